The molecule has 23 heavy (non-hydrogen) atoms. The topological polar surface area (TPSA) is 78.9 Å². The summed E-state index contributed by atoms with van der Waals surface area (Å²) in [5.41, 5.74) is 0. The lowest BCUT2D eigenvalue weighted by Gasteiger charge is -2.27. The van der Waals surface area contributed by atoms with E-state index in [-0.39, 0.29) is 4.90 Å². The minimum Gasteiger partial charge on any atom is -0.301 e. The SMILES string of the molecule is C[C@@H]1OP(=O)([C@H](OS(=O)(=O)c2ccccc2)C(Cl)(Cl)Cl)O[C@@H]1C. The van der Waals surface area contributed by atoms with Crippen molar-refractivity contribution in [3.8, 4) is 0 Å². The molecule has 0 saturated carbocycles. The maximum atomic E-state index is 12.8. The summed E-state index contributed by atoms with van der Waals surface area (Å²) in [6.07, 6.45) is -1.14. The van der Waals surface area contributed by atoms with E-state index in [4.69, 9.17) is 48.0 Å². The van der Waals surface area contributed by atoms with Crippen LogP contribution in [-0.4, -0.2) is 30.3 Å². The van der Waals surface area contributed by atoms with E-state index in [1.807, 2.05) is 0 Å². The maximum Gasteiger partial charge on any atom is 0.365 e. The largest absolute Gasteiger partial charge is 0.365 e. The fourth-order valence-corrected chi connectivity index (χ4v) is 6.83. The Balaban J connectivity index is 2.37. The van der Waals surface area contributed by atoms with Crippen LogP contribution in [0.2, 0.25) is 0 Å². The molecule has 1 aliphatic rings. The molecule has 0 spiro atoms. The van der Waals surface area contributed by atoms with Gasteiger partial charge in [0.05, 0.1) is 17.1 Å². The second-order valence-electron chi connectivity index (χ2n) is 4.92. The lowest BCUT2D eigenvalue weighted by Crippen LogP contribution is -2.31. The Kier molecular flexibility index (Phi) is 5.76. The van der Waals surface area contributed by atoms with E-state index in [0.717, 1.165) is 0 Å². The molecular formula is C12H14Cl3O6PS. The highest BCUT2D eigenvalue weighted by atomic mass is 35.6. The fourth-order valence-electron chi connectivity index (χ4n) is 1.82. The van der Waals surface area contributed by atoms with Crippen LogP contribution in [0, 0.1) is 0 Å². The average molecular weight is 424 g/mol. The molecule has 130 valence electrons. The van der Waals surface area contributed by atoms with E-state index in [1.54, 1.807) is 19.9 Å². The molecule has 0 aliphatic carbocycles. The third-order valence-corrected chi connectivity index (χ3v) is 7.91. The summed E-state index contributed by atoms with van der Waals surface area (Å²) in [7, 11) is -8.47. The van der Waals surface area contributed by atoms with Gasteiger partial charge in [-0.2, -0.15) is 8.42 Å². The zero-order chi connectivity index (χ0) is 17.5. The monoisotopic (exact) mass is 422 g/mol. The first-order valence-corrected chi connectivity index (χ1v) is 10.6. The summed E-state index contributed by atoms with van der Waals surface area (Å²) >= 11 is 17.3. The number of benzene rings is 1. The van der Waals surface area contributed by atoms with Crippen LogP contribution < -0.4 is 0 Å². The summed E-state index contributed by atoms with van der Waals surface area (Å²) < 4.78 is 50.5. The Morgan fingerprint density at radius 3 is 2.04 bits per heavy atom. The molecule has 1 aromatic carbocycles. The Labute approximate surface area is 149 Å². The number of rotatable bonds is 4. The molecule has 0 radical (unpaired) electrons. The van der Waals surface area contributed by atoms with Gasteiger partial charge in [-0.05, 0) is 26.0 Å². The van der Waals surface area contributed by atoms with Crippen molar-refractivity contribution >= 4 is 52.5 Å². The van der Waals surface area contributed by atoms with Crippen LogP contribution in [0.4, 0.5) is 0 Å². The molecule has 1 aliphatic heterocycles. The highest BCUT2D eigenvalue weighted by Crippen LogP contribution is 2.65. The maximum absolute atomic E-state index is 12.8. The van der Waals surface area contributed by atoms with E-state index in [9.17, 15) is 13.0 Å². The van der Waals surface area contributed by atoms with Crippen LogP contribution in [0.25, 0.3) is 0 Å². The smallest absolute Gasteiger partial charge is 0.301 e. The highest BCUT2D eigenvalue weighted by molar-refractivity contribution is 7.87. The summed E-state index contributed by atoms with van der Waals surface area (Å²) in [6.45, 7) is 3.21. The summed E-state index contributed by atoms with van der Waals surface area (Å²) in [5.74, 6) is -1.93. The zero-order valence-electron chi connectivity index (χ0n) is 12.1. The third kappa shape index (κ3) is 4.41. The first-order valence-electron chi connectivity index (χ1n) is 6.47. The first-order chi connectivity index (χ1) is 10.5. The van der Waals surface area contributed by atoms with Crippen LogP contribution in [0.3, 0.4) is 0 Å². The molecule has 1 aromatic rings. The normalized spacial score (nSPS) is 30.3. The fraction of sp³-hybridized carbons (Fsp3) is 0.500. The van der Waals surface area contributed by atoms with Gasteiger partial charge in [-0.25, -0.2) is 4.18 Å². The second kappa shape index (κ2) is 6.81. The Hall–Kier alpha value is 0.150. The molecule has 11 heteroatoms. The van der Waals surface area contributed by atoms with Crippen molar-refractivity contribution in [2.75, 3.05) is 0 Å². The summed E-state index contributed by atoms with van der Waals surface area (Å²) in [4.78, 5) is -0.175. The quantitative estimate of drug-likeness (QED) is 0.412. The van der Waals surface area contributed by atoms with Crippen LogP contribution in [-0.2, 0) is 27.9 Å². The van der Waals surface area contributed by atoms with Crippen LogP contribution in [0.15, 0.2) is 35.2 Å². The van der Waals surface area contributed by atoms with Gasteiger partial charge < -0.3 is 9.05 Å². The standard InChI is InChI=1S/C12H14Cl3O6PS/c1-8-9(2)20-22(16,19-8)11(12(13,14)15)21-23(17,18)10-6-4-3-5-7-10/h3-9,11H,1-2H3/t8-,9+,11-,22?/m0/s1. The van der Waals surface area contributed by atoms with Crippen molar-refractivity contribution in [3.63, 3.8) is 0 Å². The molecule has 0 bridgehead atoms. The van der Waals surface area contributed by atoms with E-state index in [2.05, 4.69) is 0 Å². The summed E-state index contributed by atoms with van der Waals surface area (Å²) in [6, 6.07) is 7.20. The van der Waals surface area contributed by atoms with Gasteiger partial charge in [0.2, 0.25) is 9.64 Å². The zero-order valence-corrected chi connectivity index (χ0v) is 16.0. The Morgan fingerprint density at radius 2 is 1.61 bits per heavy atom. The molecule has 4 atom stereocenters. The number of hydrogen-bond donors (Lipinski definition) is 0. The molecule has 1 saturated heterocycles. The van der Waals surface area contributed by atoms with Crippen molar-refractivity contribution in [3.05, 3.63) is 30.3 Å². The molecule has 0 N–H and O–H groups in total. The predicted molar refractivity (Wildman–Crippen MR) is 87.5 cm³/mol. The number of hydrogen-bond acceptors (Lipinski definition) is 6. The van der Waals surface area contributed by atoms with Gasteiger partial charge in [-0.15, -0.1) is 0 Å². The molecule has 0 aromatic heterocycles. The third-order valence-electron chi connectivity index (χ3n) is 3.10. The van der Waals surface area contributed by atoms with Gasteiger partial charge in [-0.3, -0.25) is 4.57 Å². The van der Waals surface area contributed by atoms with Crippen molar-refractivity contribution in [2.45, 2.75) is 40.6 Å². The number of alkyl halides is 3. The van der Waals surface area contributed by atoms with Gasteiger partial charge >= 0.3 is 7.60 Å². The lowest BCUT2D eigenvalue weighted by atomic mass is 10.3. The minimum atomic E-state index is -4.34. The van der Waals surface area contributed by atoms with E-state index >= 15 is 0 Å². The van der Waals surface area contributed by atoms with Gasteiger partial charge in [0.15, 0.2) is 0 Å². The van der Waals surface area contributed by atoms with E-state index < -0.39 is 39.6 Å². The van der Waals surface area contributed by atoms with E-state index in [0.29, 0.717) is 0 Å². The average Bonchev–Trinajstić information content (AvgIpc) is 2.70. The predicted octanol–water partition coefficient (Wildman–Crippen LogP) is 4.11. The van der Waals surface area contributed by atoms with Crippen LogP contribution in [0.1, 0.15) is 13.8 Å². The van der Waals surface area contributed by atoms with Gasteiger partial charge in [0, 0.05) is 0 Å². The Bertz CT molecular complexity index is 691. The summed E-state index contributed by atoms with van der Waals surface area (Å²) in [5, 5.41) is 0. The second-order valence-corrected chi connectivity index (χ2v) is 10.8. The van der Waals surface area contributed by atoms with Gasteiger partial charge in [0.25, 0.3) is 10.1 Å². The molecular weight excluding hydrogens is 410 g/mol. The molecule has 2 rings (SSSR count). The first kappa shape index (κ1) is 19.5. The minimum absolute atomic E-state index is 0.175. The Morgan fingerprint density at radius 1 is 1.13 bits per heavy atom. The van der Waals surface area contributed by atoms with Crippen molar-refractivity contribution < 1.29 is 26.2 Å². The van der Waals surface area contributed by atoms with Crippen LogP contribution in [0.5, 0.6) is 0 Å². The lowest BCUT2D eigenvalue weighted by molar-refractivity contribution is 0.187. The van der Waals surface area contributed by atoms with Crippen LogP contribution >= 0.6 is 42.4 Å². The molecule has 1 unspecified atom stereocenters. The molecule has 1 heterocycles. The molecule has 0 amide bonds. The van der Waals surface area contributed by atoms with E-state index in [1.165, 1.54) is 24.3 Å². The van der Waals surface area contributed by atoms with Crippen molar-refractivity contribution in [2.24, 2.45) is 0 Å². The molecule has 1 fully saturated rings. The van der Waals surface area contributed by atoms with Gasteiger partial charge in [0.1, 0.15) is 0 Å². The number of halogens is 3. The van der Waals surface area contributed by atoms with Gasteiger partial charge in [-0.1, -0.05) is 53.0 Å². The molecule has 6 nitrogen and oxygen atoms in total. The van der Waals surface area contributed by atoms with Crippen molar-refractivity contribution in [1.82, 2.24) is 0 Å². The van der Waals surface area contributed by atoms with Crippen molar-refractivity contribution in [1.29, 1.82) is 0 Å². The highest BCUT2D eigenvalue weighted by Gasteiger charge is 2.57.